The highest BCUT2D eigenvalue weighted by molar-refractivity contribution is 9.10. The van der Waals surface area contributed by atoms with E-state index in [1.54, 1.807) is 24.3 Å². The summed E-state index contributed by atoms with van der Waals surface area (Å²) in [5, 5.41) is 2.21. The standard InChI is InChI=1S/C21H18BrClN4O7S/c1-26-17(10-19(29)27(2)21(26)31)24-18(28)11-34-20(30)15-9-14(7-8-16(15)23)35(32,33)25-13-5-3-12(22)4-6-13/h3-10,25H,11H2,1-2H3,(H,24,28). The molecule has 0 aliphatic carbocycles. The van der Waals surface area contributed by atoms with Crippen molar-refractivity contribution in [3.05, 3.63) is 84.4 Å². The number of esters is 1. The van der Waals surface area contributed by atoms with Gasteiger partial charge in [0.2, 0.25) is 0 Å². The lowest BCUT2D eigenvalue weighted by Crippen LogP contribution is -2.38. The number of benzene rings is 2. The Labute approximate surface area is 212 Å². The first-order valence-electron chi connectivity index (χ1n) is 9.71. The topological polar surface area (TPSA) is 146 Å². The highest BCUT2D eigenvalue weighted by atomic mass is 79.9. The molecule has 3 rings (SSSR count). The number of nitrogens with one attached hydrogen (secondary N) is 2. The fraction of sp³-hybridized carbons (Fsp3) is 0.143. The first-order valence-corrected chi connectivity index (χ1v) is 12.4. The lowest BCUT2D eigenvalue weighted by Gasteiger charge is -2.12. The summed E-state index contributed by atoms with van der Waals surface area (Å²) in [5.41, 5.74) is -1.28. The first-order chi connectivity index (χ1) is 16.4. The first kappa shape index (κ1) is 26.2. The predicted octanol–water partition coefficient (Wildman–Crippen LogP) is 2.10. The number of amides is 1. The molecule has 1 amide bonds. The monoisotopic (exact) mass is 584 g/mol. The van der Waals surface area contributed by atoms with Crippen LogP contribution in [0.15, 0.2) is 67.5 Å². The van der Waals surface area contributed by atoms with Crippen molar-refractivity contribution in [3.63, 3.8) is 0 Å². The fourth-order valence-corrected chi connectivity index (χ4v) is 4.34. The summed E-state index contributed by atoms with van der Waals surface area (Å²) < 4.78 is 35.4. The third kappa shape index (κ3) is 6.18. The number of rotatable bonds is 7. The van der Waals surface area contributed by atoms with Crippen LogP contribution in [0.2, 0.25) is 5.02 Å². The van der Waals surface area contributed by atoms with Gasteiger partial charge in [0, 0.05) is 30.3 Å². The van der Waals surface area contributed by atoms with E-state index in [1.165, 1.54) is 26.2 Å². The van der Waals surface area contributed by atoms with Crippen molar-refractivity contribution in [1.29, 1.82) is 0 Å². The zero-order valence-electron chi connectivity index (χ0n) is 18.2. The summed E-state index contributed by atoms with van der Waals surface area (Å²) >= 11 is 9.29. The van der Waals surface area contributed by atoms with Gasteiger partial charge in [-0.1, -0.05) is 27.5 Å². The summed E-state index contributed by atoms with van der Waals surface area (Å²) in [5.74, 6) is -1.98. The van der Waals surface area contributed by atoms with Gasteiger partial charge in [-0.25, -0.2) is 18.0 Å². The van der Waals surface area contributed by atoms with E-state index in [2.05, 4.69) is 26.0 Å². The minimum absolute atomic E-state index is 0.0908. The number of sulfonamides is 1. The van der Waals surface area contributed by atoms with Crippen LogP contribution in [0.3, 0.4) is 0 Å². The van der Waals surface area contributed by atoms with Crippen LogP contribution in [0.4, 0.5) is 11.5 Å². The molecule has 0 saturated carbocycles. The van der Waals surface area contributed by atoms with Crippen molar-refractivity contribution in [2.24, 2.45) is 14.1 Å². The molecule has 0 atom stereocenters. The van der Waals surface area contributed by atoms with Gasteiger partial charge in [-0.3, -0.25) is 23.4 Å². The van der Waals surface area contributed by atoms with Crippen LogP contribution >= 0.6 is 27.5 Å². The van der Waals surface area contributed by atoms with Crippen molar-refractivity contribution in [2.45, 2.75) is 4.90 Å². The number of hydrogen-bond donors (Lipinski definition) is 2. The molecule has 0 aliphatic heterocycles. The smallest absolute Gasteiger partial charge is 0.340 e. The van der Waals surface area contributed by atoms with Crippen molar-refractivity contribution in [1.82, 2.24) is 9.13 Å². The minimum Gasteiger partial charge on any atom is -0.452 e. The molecule has 2 aromatic carbocycles. The van der Waals surface area contributed by atoms with Crippen molar-refractivity contribution in [3.8, 4) is 0 Å². The van der Waals surface area contributed by atoms with Gasteiger partial charge in [-0.15, -0.1) is 0 Å². The molecule has 2 N–H and O–H groups in total. The predicted molar refractivity (Wildman–Crippen MR) is 132 cm³/mol. The quantitative estimate of drug-likeness (QED) is 0.404. The Balaban J connectivity index is 1.72. The third-order valence-electron chi connectivity index (χ3n) is 4.69. The van der Waals surface area contributed by atoms with Crippen LogP contribution in [-0.4, -0.2) is 36.0 Å². The molecule has 1 heterocycles. The van der Waals surface area contributed by atoms with Gasteiger partial charge in [0.05, 0.1) is 15.5 Å². The van der Waals surface area contributed by atoms with E-state index in [1.807, 2.05) is 0 Å². The van der Waals surface area contributed by atoms with Gasteiger partial charge in [0.25, 0.3) is 21.5 Å². The maximum atomic E-state index is 12.7. The van der Waals surface area contributed by atoms with Crippen molar-refractivity contribution < 1.29 is 22.7 Å². The third-order valence-corrected chi connectivity index (χ3v) is 6.93. The molecular formula is C21H18BrClN4O7S. The van der Waals surface area contributed by atoms with Gasteiger partial charge >= 0.3 is 11.7 Å². The Bertz CT molecular complexity index is 1530. The molecule has 14 heteroatoms. The van der Waals surface area contributed by atoms with Gasteiger partial charge in [-0.05, 0) is 42.5 Å². The van der Waals surface area contributed by atoms with Crippen molar-refractivity contribution in [2.75, 3.05) is 16.6 Å². The lowest BCUT2D eigenvalue weighted by atomic mass is 10.2. The lowest BCUT2D eigenvalue weighted by molar-refractivity contribution is -0.119. The second kappa shape index (κ2) is 10.5. The average Bonchev–Trinajstić information content (AvgIpc) is 2.81. The average molecular weight is 586 g/mol. The van der Waals surface area contributed by atoms with Crippen LogP contribution in [0.1, 0.15) is 10.4 Å². The molecule has 0 aliphatic rings. The van der Waals surface area contributed by atoms with Crippen molar-refractivity contribution >= 4 is 60.9 Å². The van der Waals surface area contributed by atoms with E-state index < -0.39 is 39.8 Å². The zero-order chi connectivity index (χ0) is 25.9. The molecular weight excluding hydrogens is 568 g/mol. The van der Waals surface area contributed by atoms with Gasteiger partial charge in [0.1, 0.15) is 5.82 Å². The zero-order valence-corrected chi connectivity index (χ0v) is 21.4. The van der Waals surface area contributed by atoms with Gasteiger partial charge < -0.3 is 10.1 Å². The van der Waals surface area contributed by atoms with E-state index in [-0.39, 0.29) is 21.3 Å². The van der Waals surface area contributed by atoms with Gasteiger partial charge in [0.15, 0.2) is 6.61 Å². The molecule has 3 aromatic rings. The number of carbonyl (C=O) groups excluding carboxylic acids is 2. The van der Waals surface area contributed by atoms with Crippen LogP contribution in [0, 0.1) is 0 Å². The number of halogens is 2. The van der Waals surface area contributed by atoms with E-state index in [0.29, 0.717) is 5.69 Å². The molecule has 184 valence electrons. The van der Waals surface area contributed by atoms with E-state index in [0.717, 1.165) is 25.7 Å². The Morgan fingerprint density at radius 3 is 2.34 bits per heavy atom. The minimum atomic E-state index is -4.06. The number of nitrogens with zero attached hydrogens (tertiary/aromatic N) is 2. The maximum Gasteiger partial charge on any atom is 0.340 e. The largest absolute Gasteiger partial charge is 0.452 e. The molecule has 35 heavy (non-hydrogen) atoms. The molecule has 0 fully saturated rings. The number of ether oxygens (including phenoxy) is 1. The number of carbonyl (C=O) groups is 2. The molecule has 0 bridgehead atoms. The summed E-state index contributed by atoms with van der Waals surface area (Å²) in [6, 6.07) is 10.9. The van der Waals surface area contributed by atoms with E-state index in [4.69, 9.17) is 16.3 Å². The number of aromatic nitrogens is 2. The molecule has 0 radical (unpaired) electrons. The fourth-order valence-electron chi connectivity index (χ4n) is 2.80. The van der Waals surface area contributed by atoms with Crippen LogP contribution in [-0.2, 0) is 33.7 Å². The SMILES string of the molecule is Cn1c(NC(=O)COC(=O)c2cc(S(=O)(=O)Nc3ccc(Br)cc3)ccc2Cl)cc(=O)n(C)c1=O. The second-order valence-corrected chi connectivity index (χ2v) is 10.2. The Kier molecular flexibility index (Phi) is 7.83. The second-order valence-electron chi connectivity index (χ2n) is 7.15. The maximum absolute atomic E-state index is 12.7. The number of anilines is 2. The highest BCUT2D eigenvalue weighted by Gasteiger charge is 2.21. The molecule has 0 unspecified atom stereocenters. The molecule has 0 spiro atoms. The Morgan fingerprint density at radius 1 is 1.03 bits per heavy atom. The highest BCUT2D eigenvalue weighted by Crippen LogP contribution is 2.24. The molecule has 0 saturated heterocycles. The van der Waals surface area contributed by atoms with Crippen LogP contribution in [0.25, 0.3) is 0 Å². The molecule has 11 nitrogen and oxygen atoms in total. The summed E-state index contributed by atoms with van der Waals surface area (Å²) in [6.45, 7) is -0.785. The van der Waals surface area contributed by atoms with E-state index in [9.17, 15) is 27.6 Å². The summed E-state index contributed by atoms with van der Waals surface area (Å²) in [7, 11) is -1.44. The van der Waals surface area contributed by atoms with Gasteiger partial charge in [-0.2, -0.15) is 0 Å². The van der Waals surface area contributed by atoms with E-state index >= 15 is 0 Å². The Morgan fingerprint density at radius 2 is 1.69 bits per heavy atom. The van der Waals surface area contributed by atoms with Crippen LogP contribution < -0.4 is 21.3 Å². The Hall–Kier alpha value is -3.42. The summed E-state index contributed by atoms with van der Waals surface area (Å²) in [6.07, 6.45) is 0. The van der Waals surface area contributed by atoms with Crippen LogP contribution in [0.5, 0.6) is 0 Å². The normalized spacial score (nSPS) is 11.1. The molecule has 1 aromatic heterocycles. The number of hydrogen-bond acceptors (Lipinski definition) is 7. The summed E-state index contributed by atoms with van der Waals surface area (Å²) in [4.78, 5) is 48.1.